The minimum Gasteiger partial charge on any atom is -0.334 e. The molecule has 1 atom stereocenters. The molecule has 120 valence electrons. The Balaban J connectivity index is 1.77. The van der Waals surface area contributed by atoms with Crippen LogP contribution in [0.4, 0.5) is 9.18 Å². The molecule has 7 heteroatoms. The molecule has 2 fully saturated rings. The number of rotatable bonds is 3. The van der Waals surface area contributed by atoms with E-state index in [1.807, 2.05) is 0 Å². The van der Waals surface area contributed by atoms with Gasteiger partial charge in [0.2, 0.25) is 0 Å². The van der Waals surface area contributed by atoms with Gasteiger partial charge in [0, 0.05) is 25.2 Å². The maximum atomic E-state index is 13.3. The second kappa shape index (κ2) is 5.83. The Labute approximate surface area is 132 Å². The third-order valence-electron chi connectivity index (χ3n) is 4.08. The quantitative estimate of drug-likeness (QED) is 0.619. The van der Waals surface area contributed by atoms with Crippen molar-refractivity contribution in [2.45, 2.75) is 6.04 Å². The Bertz CT molecular complexity index is 691. The first-order valence-corrected chi connectivity index (χ1v) is 7.30. The highest BCUT2D eigenvalue weighted by molar-refractivity contribution is 6.05. The predicted octanol–water partition coefficient (Wildman–Crippen LogP) is 1.10. The molecule has 2 saturated heterocycles. The van der Waals surface area contributed by atoms with Crippen LogP contribution in [0.3, 0.4) is 0 Å². The van der Waals surface area contributed by atoms with Gasteiger partial charge in [-0.05, 0) is 18.2 Å². The van der Waals surface area contributed by atoms with Crippen molar-refractivity contribution in [1.29, 1.82) is 0 Å². The molecule has 0 bridgehead atoms. The molecule has 3 rings (SSSR count). The third kappa shape index (κ3) is 2.58. The van der Waals surface area contributed by atoms with Gasteiger partial charge in [0.05, 0.1) is 6.54 Å². The molecule has 1 aromatic carbocycles. The van der Waals surface area contributed by atoms with Crippen molar-refractivity contribution in [2.75, 3.05) is 26.2 Å². The monoisotopic (exact) mass is 317 g/mol. The Kier molecular flexibility index (Phi) is 3.85. The van der Waals surface area contributed by atoms with E-state index in [0.717, 1.165) is 4.90 Å². The number of hydrogen-bond donors (Lipinski definition) is 0. The SMILES string of the molecule is C=CCN1C(=O)C2CN(C(=O)c3cccc(F)c3)CCN2C1=O. The van der Waals surface area contributed by atoms with E-state index in [0.29, 0.717) is 6.54 Å². The second-order valence-corrected chi connectivity index (χ2v) is 5.49. The summed E-state index contributed by atoms with van der Waals surface area (Å²) in [5, 5.41) is 0. The van der Waals surface area contributed by atoms with Crippen molar-refractivity contribution in [3.63, 3.8) is 0 Å². The van der Waals surface area contributed by atoms with Crippen LogP contribution < -0.4 is 0 Å². The van der Waals surface area contributed by atoms with Gasteiger partial charge in [-0.2, -0.15) is 0 Å². The summed E-state index contributed by atoms with van der Waals surface area (Å²) in [5.74, 6) is -1.16. The first kappa shape index (κ1) is 15.2. The molecule has 2 aliphatic heterocycles. The standard InChI is InChI=1S/C16H16FN3O3/c1-2-6-20-15(22)13-10-18(7-8-19(13)16(20)23)14(21)11-4-3-5-12(17)9-11/h2-5,9,13H,1,6-8,10H2. The number of imide groups is 1. The zero-order chi connectivity index (χ0) is 16.6. The largest absolute Gasteiger partial charge is 0.334 e. The molecule has 4 amide bonds. The van der Waals surface area contributed by atoms with Crippen LogP contribution in [0.2, 0.25) is 0 Å². The Hall–Kier alpha value is -2.70. The van der Waals surface area contributed by atoms with Crippen LogP contribution in [-0.2, 0) is 4.79 Å². The smallest absolute Gasteiger partial charge is 0.327 e. The molecular weight excluding hydrogens is 301 g/mol. The van der Waals surface area contributed by atoms with E-state index >= 15 is 0 Å². The predicted molar refractivity (Wildman–Crippen MR) is 80.1 cm³/mol. The highest BCUT2D eigenvalue weighted by atomic mass is 19.1. The molecule has 6 nitrogen and oxygen atoms in total. The van der Waals surface area contributed by atoms with Gasteiger partial charge in [-0.15, -0.1) is 6.58 Å². The molecular formula is C16H16FN3O3. The van der Waals surface area contributed by atoms with Crippen LogP contribution in [0, 0.1) is 5.82 Å². The molecule has 23 heavy (non-hydrogen) atoms. The topological polar surface area (TPSA) is 60.9 Å². The summed E-state index contributed by atoms with van der Waals surface area (Å²) >= 11 is 0. The van der Waals surface area contributed by atoms with Crippen LogP contribution in [0.5, 0.6) is 0 Å². The summed E-state index contributed by atoms with van der Waals surface area (Å²) in [5.41, 5.74) is 0.234. The lowest BCUT2D eigenvalue weighted by molar-refractivity contribution is -0.128. The summed E-state index contributed by atoms with van der Waals surface area (Å²) in [7, 11) is 0. The van der Waals surface area contributed by atoms with Crippen molar-refractivity contribution in [1.82, 2.24) is 14.7 Å². The average Bonchev–Trinajstić information content (AvgIpc) is 2.79. The normalized spacial score (nSPS) is 20.7. The summed E-state index contributed by atoms with van der Waals surface area (Å²) in [4.78, 5) is 41.0. The number of carbonyl (C=O) groups excluding carboxylic acids is 3. The van der Waals surface area contributed by atoms with Gasteiger partial charge in [-0.3, -0.25) is 14.5 Å². The van der Waals surface area contributed by atoms with Gasteiger partial charge < -0.3 is 9.80 Å². The number of carbonyl (C=O) groups is 3. The maximum Gasteiger partial charge on any atom is 0.327 e. The van der Waals surface area contributed by atoms with Gasteiger partial charge in [0.25, 0.3) is 11.8 Å². The number of fused-ring (bicyclic) bond motifs is 1. The zero-order valence-electron chi connectivity index (χ0n) is 12.4. The molecule has 2 aliphatic rings. The summed E-state index contributed by atoms with van der Waals surface area (Å²) in [6.07, 6.45) is 1.49. The lowest BCUT2D eigenvalue weighted by atomic mass is 10.1. The number of nitrogens with zero attached hydrogens (tertiary/aromatic N) is 3. The van der Waals surface area contributed by atoms with E-state index in [2.05, 4.69) is 6.58 Å². The van der Waals surface area contributed by atoms with Crippen molar-refractivity contribution in [3.8, 4) is 0 Å². The lowest BCUT2D eigenvalue weighted by Crippen LogP contribution is -2.54. The van der Waals surface area contributed by atoms with E-state index in [9.17, 15) is 18.8 Å². The Morgan fingerprint density at radius 3 is 2.83 bits per heavy atom. The number of urea groups is 1. The zero-order valence-corrected chi connectivity index (χ0v) is 12.4. The van der Waals surface area contributed by atoms with Crippen molar-refractivity contribution >= 4 is 17.8 Å². The minimum atomic E-state index is -0.672. The molecule has 1 aromatic rings. The average molecular weight is 317 g/mol. The van der Waals surface area contributed by atoms with E-state index in [4.69, 9.17) is 0 Å². The fraction of sp³-hybridized carbons (Fsp3) is 0.312. The second-order valence-electron chi connectivity index (χ2n) is 5.49. The van der Waals surface area contributed by atoms with Gasteiger partial charge in [-0.1, -0.05) is 12.1 Å². The van der Waals surface area contributed by atoms with Crippen LogP contribution in [0.1, 0.15) is 10.4 Å². The van der Waals surface area contributed by atoms with Gasteiger partial charge in [0.1, 0.15) is 11.9 Å². The molecule has 0 spiro atoms. The molecule has 0 saturated carbocycles. The number of piperazine rings is 1. The molecule has 0 aromatic heterocycles. The van der Waals surface area contributed by atoms with E-state index in [1.54, 1.807) is 0 Å². The molecule has 0 aliphatic carbocycles. The van der Waals surface area contributed by atoms with Gasteiger partial charge in [-0.25, -0.2) is 9.18 Å². The van der Waals surface area contributed by atoms with Crippen LogP contribution in [0.25, 0.3) is 0 Å². The molecule has 0 N–H and O–H groups in total. The highest BCUT2D eigenvalue weighted by Crippen LogP contribution is 2.23. The number of halogens is 1. The van der Waals surface area contributed by atoms with Crippen LogP contribution in [-0.4, -0.2) is 64.8 Å². The van der Waals surface area contributed by atoms with Crippen molar-refractivity contribution < 1.29 is 18.8 Å². The van der Waals surface area contributed by atoms with Crippen LogP contribution >= 0.6 is 0 Å². The first-order valence-electron chi connectivity index (χ1n) is 7.30. The highest BCUT2D eigenvalue weighted by Gasteiger charge is 2.47. The van der Waals surface area contributed by atoms with Crippen LogP contribution in [0.15, 0.2) is 36.9 Å². The number of amides is 4. The molecule has 1 unspecified atom stereocenters. The fourth-order valence-electron chi connectivity index (χ4n) is 2.94. The third-order valence-corrected chi connectivity index (χ3v) is 4.08. The van der Waals surface area contributed by atoms with E-state index in [-0.39, 0.29) is 43.0 Å². The molecule has 0 radical (unpaired) electrons. The molecule has 2 heterocycles. The summed E-state index contributed by atoms with van der Waals surface area (Å²) in [6.45, 7) is 4.40. The Morgan fingerprint density at radius 2 is 2.13 bits per heavy atom. The number of hydrogen-bond acceptors (Lipinski definition) is 3. The number of benzene rings is 1. The van der Waals surface area contributed by atoms with Crippen molar-refractivity contribution in [2.24, 2.45) is 0 Å². The summed E-state index contributed by atoms with van der Waals surface area (Å²) in [6, 6.07) is 4.41. The fourth-order valence-corrected chi connectivity index (χ4v) is 2.94. The lowest BCUT2D eigenvalue weighted by Gasteiger charge is -2.35. The minimum absolute atomic E-state index is 0.119. The maximum absolute atomic E-state index is 13.3. The van der Waals surface area contributed by atoms with Gasteiger partial charge in [0.15, 0.2) is 0 Å². The first-order chi connectivity index (χ1) is 11.0. The van der Waals surface area contributed by atoms with Crippen molar-refractivity contribution in [3.05, 3.63) is 48.3 Å². The summed E-state index contributed by atoms with van der Waals surface area (Å²) < 4.78 is 13.3. The van der Waals surface area contributed by atoms with E-state index in [1.165, 1.54) is 40.1 Å². The van der Waals surface area contributed by atoms with E-state index < -0.39 is 11.9 Å². The van der Waals surface area contributed by atoms with Gasteiger partial charge >= 0.3 is 6.03 Å². The Morgan fingerprint density at radius 1 is 1.35 bits per heavy atom.